The molecule has 1 aliphatic rings. The Morgan fingerprint density at radius 2 is 2.14 bits per heavy atom. The summed E-state index contributed by atoms with van der Waals surface area (Å²) in [6, 6.07) is 0.260. The van der Waals surface area contributed by atoms with Crippen molar-refractivity contribution in [2.75, 3.05) is 6.61 Å². The molecule has 2 rings (SSSR count). The average molecular weight is 298 g/mol. The molecular formula is C15H26N2O4. The van der Waals surface area contributed by atoms with Gasteiger partial charge in [0.1, 0.15) is 0 Å². The van der Waals surface area contributed by atoms with Gasteiger partial charge >= 0.3 is 0 Å². The molecule has 21 heavy (non-hydrogen) atoms. The van der Waals surface area contributed by atoms with E-state index in [1.165, 1.54) is 0 Å². The van der Waals surface area contributed by atoms with Gasteiger partial charge in [-0.2, -0.15) is 0 Å². The van der Waals surface area contributed by atoms with Crippen LogP contribution in [0.3, 0.4) is 0 Å². The Balaban J connectivity index is 2.17. The highest BCUT2D eigenvalue weighted by atomic mass is 16.7. The van der Waals surface area contributed by atoms with Crippen LogP contribution in [0.1, 0.15) is 50.9 Å². The Bertz CT molecular complexity index is 472. The van der Waals surface area contributed by atoms with Crippen molar-refractivity contribution >= 4 is 0 Å². The fourth-order valence-corrected chi connectivity index (χ4v) is 2.80. The SMILES string of the molecule is CCc1c(OC2CC(O)CC(CO)O2)nn(C(C)C)c1C. The fraction of sp³-hybridized carbons (Fsp3) is 0.800. The Kier molecular flexibility index (Phi) is 5.24. The summed E-state index contributed by atoms with van der Waals surface area (Å²) in [7, 11) is 0. The number of aromatic nitrogens is 2. The second kappa shape index (κ2) is 6.77. The quantitative estimate of drug-likeness (QED) is 0.863. The van der Waals surface area contributed by atoms with E-state index in [4.69, 9.17) is 9.47 Å². The van der Waals surface area contributed by atoms with E-state index in [2.05, 4.69) is 25.9 Å². The minimum absolute atomic E-state index is 0.114. The second-order valence-electron chi connectivity index (χ2n) is 5.87. The molecule has 0 bridgehead atoms. The Labute approximate surface area is 125 Å². The molecule has 1 aromatic heterocycles. The minimum atomic E-state index is -0.564. The third-order valence-electron chi connectivity index (χ3n) is 3.87. The summed E-state index contributed by atoms with van der Waals surface area (Å²) in [6.07, 6.45) is 0.207. The molecule has 0 aliphatic carbocycles. The molecule has 0 amide bonds. The van der Waals surface area contributed by atoms with Crippen LogP contribution in [-0.2, 0) is 11.2 Å². The molecule has 6 nitrogen and oxygen atoms in total. The first-order valence-corrected chi connectivity index (χ1v) is 7.65. The summed E-state index contributed by atoms with van der Waals surface area (Å²) >= 11 is 0. The van der Waals surface area contributed by atoms with Crippen LogP contribution in [0.2, 0.25) is 0 Å². The van der Waals surface area contributed by atoms with E-state index in [-0.39, 0.29) is 18.8 Å². The van der Waals surface area contributed by atoms with Crippen LogP contribution in [0.15, 0.2) is 0 Å². The Morgan fingerprint density at radius 1 is 1.43 bits per heavy atom. The van der Waals surface area contributed by atoms with Gasteiger partial charge in [-0.15, -0.1) is 5.10 Å². The molecule has 0 aromatic carbocycles. The van der Waals surface area contributed by atoms with Crippen LogP contribution < -0.4 is 4.74 Å². The van der Waals surface area contributed by atoms with Crippen LogP contribution in [0.5, 0.6) is 5.88 Å². The summed E-state index contributed by atoms with van der Waals surface area (Å²) in [5.41, 5.74) is 2.16. The maximum Gasteiger partial charge on any atom is 0.238 e. The van der Waals surface area contributed by atoms with E-state index < -0.39 is 12.4 Å². The zero-order valence-corrected chi connectivity index (χ0v) is 13.2. The van der Waals surface area contributed by atoms with Gasteiger partial charge in [-0.3, -0.25) is 4.68 Å². The van der Waals surface area contributed by atoms with Gasteiger partial charge in [-0.25, -0.2) is 0 Å². The summed E-state index contributed by atoms with van der Waals surface area (Å²) in [6.45, 7) is 8.13. The van der Waals surface area contributed by atoms with E-state index in [1.807, 2.05) is 11.6 Å². The number of hydrogen-bond donors (Lipinski definition) is 2. The number of ether oxygens (including phenoxy) is 2. The van der Waals surface area contributed by atoms with Crippen molar-refractivity contribution in [2.45, 2.75) is 71.5 Å². The van der Waals surface area contributed by atoms with Crippen molar-refractivity contribution in [2.24, 2.45) is 0 Å². The molecule has 0 saturated carbocycles. The van der Waals surface area contributed by atoms with Gasteiger partial charge in [0.05, 0.1) is 18.8 Å². The number of aliphatic hydroxyl groups excluding tert-OH is 2. The molecule has 1 saturated heterocycles. The molecule has 3 unspecified atom stereocenters. The van der Waals surface area contributed by atoms with Gasteiger partial charge in [0.15, 0.2) is 0 Å². The number of hydrogen-bond acceptors (Lipinski definition) is 5. The average Bonchev–Trinajstić information content (AvgIpc) is 2.74. The normalized spacial score (nSPS) is 26.3. The monoisotopic (exact) mass is 298 g/mol. The van der Waals surface area contributed by atoms with Crippen LogP contribution in [0.25, 0.3) is 0 Å². The first-order chi connectivity index (χ1) is 9.96. The van der Waals surface area contributed by atoms with Crippen molar-refractivity contribution in [1.29, 1.82) is 0 Å². The molecule has 3 atom stereocenters. The molecule has 1 fully saturated rings. The lowest BCUT2D eigenvalue weighted by molar-refractivity contribution is -0.186. The molecule has 1 aliphatic heterocycles. The van der Waals surface area contributed by atoms with Crippen molar-refractivity contribution in [1.82, 2.24) is 9.78 Å². The molecule has 120 valence electrons. The number of aliphatic hydroxyl groups is 2. The molecule has 1 aromatic rings. The highest BCUT2D eigenvalue weighted by molar-refractivity contribution is 5.31. The van der Waals surface area contributed by atoms with Crippen molar-refractivity contribution in [3.8, 4) is 5.88 Å². The van der Waals surface area contributed by atoms with Crippen LogP contribution >= 0.6 is 0 Å². The van der Waals surface area contributed by atoms with Gasteiger partial charge in [-0.05, 0) is 27.2 Å². The molecule has 2 heterocycles. The summed E-state index contributed by atoms with van der Waals surface area (Å²) in [4.78, 5) is 0. The molecule has 6 heteroatoms. The third-order valence-corrected chi connectivity index (χ3v) is 3.87. The van der Waals surface area contributed by atoms with Crippen LogP contribution in [0, 0.1) is 6.92 Å². The zero-order valence-electron chi connectivity index (χ0n) is 13.2. The summed E-state index contributed by atoms with van der Waals surface area (Å²) in [5, 5.41) is 23.6. The van der Waals surface area contributed by atoms with E-state index in [1.54, 1.807) is 0 Å². The zero-order chi connectivity index (χ0) is 15.6. The fourth-order valence-electron chi connectivity index (χ4n) is 2.80. The van der Waals surface area contributed by atoms with Crippen molar-refractivity contribution in [3.63, 3.8) is 0 Å². The standard InChI is InChI=1S/C15H26N2O4/c1-5-13-10(4)17(9(2)3)16-15(13)21-14-7-11(19)6-12(8-18)20-14/h9,11-12,14,18-19H,5-8H2,1-4H3. The first kappa shape index (κ1) is 16.3. The predicted octanol–water partition coefficient (Wildman–Crippen LogP) is 1.57. The molecule has 0 spiro atoms. The summed E-state index contributed by atoms with van der Waals surface area (Å²) in [5.74, 6) is 0.569. The van der Waals surface area contributed by atoms with E-state index in [0.29, 0.717) is 18.7 Å². The lowest BCUT2D eigenvalue weighted by Gasteiger charge is -2.31. The van der Waals surface area contributed by atoms with Gasteiger partial charge < -0.3 is 19.7 Å². The van der Waals surface area contributed by atoms with Gasteiger partial charge in [0.25, 0.3) is 0 Å². The van der Waals surface area contributed by atoms with E-state index >= 15 is 0 Å². The highest BCUT2D eigenvalue weighted by Crippen LogP contribution is 2.28. The Hall–Kier alpha value is -1.11. The van der Waals surface area contributed by atoms with Gasteiger partial charge in [0, 0.05) is 30.1 Å². The topological polar surface area (TPSA) is 76.7 Å². The molecular weight excluding hydrogens is 272 g/mol. The van der Waals surface area contributed by atoms with Crippen LogP contribution in [0.4, 0.5) is 0 Å². The predicted molar refractivity (Wildman–Crippen MR) is 78.3 cm³/mol. The first-order valence-electron chi connectivity index (χ1n) is 7.65. The third kappa shape index (κ3) is 3.56. The smallest absolute Gasteiger partial charge is 0.238 e. The minimum Gasteiger partial charge on any atom is -0.446 e. The van der Waals surface area contributed by atoms with Crippen molar-refractivity contribution in [3.05, 3.63) is 11.3 Å². The number of rotatable bonds is 5. The van der Waals surface area contributed by atoms with E-state index in [0.717, 1.165) is 17.7 Å². The Morgan fingerprint density at radius 3 is 2.71 bits per heavy atom. The molecule has 2 N–H and O–H groups in total. The molecule has 0 radical (unpaired) electrons. The lowest BCUT2D eigenvalue weighted by atomic mass is 10.1. The maximum absolute atomic E-state index is 9.84. The number of nitrogens with zero attached hydrogens (tertiary/aromatic N) is 2. The van der Waals surface area contributed by atoms with Crippen LogP contribution in [-0.4, -0.2) is 45.1 Å². The lowest BCUT2D eigenvalue weighted by Crippen LogP contribution is -2.40. The largest absolute Gasteiger partial charge is 0.446 e. The van der Waals surface area contributed by atoms with E-state index in [9.17, 15) is 10.2 Å². The van der Waals surface area contributed by atoms with Gasteiger partial charge in [0.2, 0.25) is 12.2 Å². The van der Waals surface area contributed by atoms with Gasteiger partial charge in [-0.1, -0.05) is 6.92 Å². The second-order valence-corrected chi connectivity index (χ2v) is 5.87. The highest BCUT2D eigenvalue weighted by Gasteiger charge is 2.30. The van der Waals surface area contributed by atoms with Crippen molar-refractivity contribution < 1.29 is 19.7 Å². The summed E-state index contributed by atoms with van der Waals surface area (Å²) < 4.78 is 13.4. The maximum atomic E-state index is 9.84.